The van der Waals surface area contributed by atoms with Crippen LogP contribution >= 0.6 is 11.6 Å². The minimum atomic E-state index is 0.824. The van der Waals surface area contributed by atoms with Gasteiger partial charge in [-0.05, 0) is 6.42 Å². The lowest BCUT2D eigenvalue weighted by Gasteiger charge is -1.95. The third-order valence-electron chi connectivity index (χ3n) is 1.38. The second-order valence-corrected chi connectivity index (χ2v) is 2.69. The maximum absolute atomic E-state index is 5.50. The molecule has 0 aromatic heterocycles. The molecule has 1 heteroatoms. The maximum atomic E-state index is 5.50. The van der Waals surface area contributed by atoms with Crippen molar-refractivity contribution in [2.24, 2.45) is 0 Å². The smallest absolute Gasteiger partial charge is 0.0223 e. The Morgan fingerprint density at radius 2 is 1.44 bits per heavy atom. The monoisotopic (exact) mass is 147 g/mol. The van der Waals surface area contributed by atoms with E-state index < -0.39 is 0 Å². The van der Waals surface area contributed by atoms with Crippen LogP contribution in [-0.2, 0) is 0 Å². The summed E-state index contributed by atoms with van der Waals surface area (Å²) in [4.78, 5) is 0. The Hall–Kier alpha value is 0.290. The van der Waals surface area contributed by atoms with E-state index in [0.29, 0.717) is 0 Å². The van der Waals surface area contributed by atoms with Crippen molar-refractivity contribution in [1.82, 2.24) is 0 Å². The Kier molecular flexibility index (Phi) is 8.56. The van der Waals surface area contributed by atoms with E-state index in [-0.39, 0.29) is 0 Å². The van der Waals surface area contributed by atoms with Crippen LogP contribution in [0.1, 0.15) is 38.5 Å². The summed E-state index contributed by atoms with van der Waals surface area (Å²) in [6.45, 7) is 3.78. The first-order valence-electron chi connectivity index (χ1n) is 3.77. The molecule has 0 aromatic carbocycles. The van der Waals surface area contributed by atoms with E-state index in [1.54, 1.807) is 0 Å². The quantitative estimate of drug-likeness (QED) is 0.399. The van der Waals surface area contributed by atoms with Gasteiger partial charge in [-0.2, -0.15) is 0 Å². The lowest BCUT2D eigenvalue weighted by Crippen LogP contribution is -1.78. The van der Waals surface area contributed by atoms with Gasteiger partial charge in [0.1, 0.15) is 0 Å². The summed E-state index contributed by atoms with van der Waals surface area (Å²) in [5, 5.41) is 0. The SMILES string of the molecule is [CH2]CCCCCCCCl. The molecule has 0 rings (SSSR count). The highest BCUT2D eigenvalue weighted by Gasteiger charge is 1.86. The summed E-state index contributed by atoms with van der Waals surface area (Å²) in [7, 11) is 0. The molecule has 1 radical (unpaired) electrons. The van der Waals surface area contributed by atoms with Crippen molar-refractivity contribution in [1.29, 1.82) is 0 Å². The first-order valence-corrected chi connectivity index (χ1v) is 4.30. The molecule has 0 saturated carbocycles. The van der Waals surface area contributed by atoms with E-state index in [0.717, 1.165) is 12.3 Å². The molecule has 0 aromatic rings. The molecule has 0 unspecified atom stereocenters. The van der Waals surface area contributed by atoms with Crippen molar-refractivity contribution in [3.05, 3.63) is 6.92 Å². The average Bonchev–Trinajstić information content (AvgIpc) is 1.89. The van der Waals surface area contributed by atoms with Crippen molar-refractivity contribution < 1.29 is 0 Å². The summed E-state index contributed by atoms with van der Waals surface area (Å²) in [6, 6.07) is 0. The van der Waals surface area contributed by atoms with Crippen molar-refractivity contribution in [2.45, 2.75) is 38.5 Å². The molecule has 0 saturated heterocycles. The summed E-state index contributed by atoms with van der Waals surface area (Å²) >= 11 is 5.50. The molecule has 0 aliphatic heterocycles. The van der Waals surface area contributed by atoms with E-state index >= 15 is 0 Å². The molecule has 0 aliphatic carbocycles. The van der Waals surface area contributed by atoms with Crippen molar-refractivity contribution in [3.63, 3.8) is 0 Å². The molecule has 0 atom stereocenters. The van der Waals surface area contributed by atoms with Gasteiger partial charge in [0, 0.05) is 5.88 Å². The van der Waals surface area contributed by atoms with Gasteiger partial charge in [-0.15, -0.1) is 11.6 Å². The molecule has 55 valence electrons. The van der Waals surface area contributed by atoms with Crippen LogP contribution in [-0.4, -0.2) is 5.88 Å². The summed E-state index contributed by atoms with van der Waals surface area (Å²) in [6.07, 6.45) is 7.51. The summed E-state index contributed by atoms with van der Waals surface area (Å²) in [5.41, 5.74) is 0. The van der Waals surface area contributed by atoms with Gasteiger partial charge in [-0.3, -0.25) is 0 Å². The van der Waals surface area contributed by atoms with Crippen LogP contribution in [0.3, 0.4) is 0 Å². The molecular formula is C8H16Cl. The van der Waals surface area contributed by atoms with Crippen LogP contribution in [0.5, 0.6) is 0 Å². The molecular weight excluding hydrogens is 132 g/mol. The van der Waals surface area contributed by atoms with Crippen LogP contribution < -0.4 is 0 Å². The average molecular weight is 148 g/mol. The minimum absolute atomic E-state index is 0.824. The largest absolute Gasteiger partial charge is 0.127 e. The summed E-state index contributed by atoms with van der Waals surface area (Å²) in [5.74, 6) is 0.824. The van der Waals surface area contributed by atoms with Gasteiger partial charge in [-0.25, -0.2) is 0 Å². The van der Waals surface area contributed by atoms with Gasteiger partial charge < -0.3 is 0 Å². The fourth-order valence-corrected chi connectivity index (χ4v) is 0.991. The van der Waals surface area contributed by atoms with E-state index in [1.165, 1.54) is 32.1 Å². The van der Waals surface area contributed by atoms with E-state index in [2.05, 4.69) is 6.92 Å². The van der Waals surface area contributed by atoms with Gasteiger partial charge in [0.15, 0.2) is 0 Å². The number of unbranched alkanes of at least 4 members (excludes halogenated alkanes) is 5. The predicted molar refractivity (Wildman–Crippen MR) is 43.8 cm³/mol. The molecule has 0 spiro atoms. The first-order chi connectivity index (χ1) is 4.41. The Morgan fingerprint density at radius 1 is 0.889 bits per heavy atom. The third kappa shape index (κ3) is 8.29. The summed E-state index contributed by atoms with van der Waals surface area (Å²) < 4.78 is 0. The lowest BCUT2D eigenvalue weighted by atomic mass is 10.1. The minimum Gasteiger partial charge on any atom is -0.127 e. The van der Waals surface area contributed by atoms with E-state index in [9.17, 15) is 0 Å². The van der Waals surface area contributed by atoms with E-state index in [1.807, 2.05) is 0 Å². The Bertz CT molecular complexity index is 37.8. The molecule has 0 heterocycles. The fourth-order valence-electron chi connectivity index (χ4n) is 0.802. The second kappa shape index (κ2) is 8.29. The molecule has 0 aliphatic rings. The highest BCUT2D eigenvalue weighted by molar-refractivity contribution is 6.17. The number of alkyl halides is 1. The van der Waals surface area contributed by atoms with Crippen molar-refractivity contribution >= 4 is 11.6 Å². The van der Waals surface area contributed by atoms with Crippen molar-refractivity contribution in [3.8, 4) is 0 Å². The number of hydrogen-bond acceptors (Lipinski definition) is 0. The van der Waals surface area contributed by atoms with Crippen LogP contribution in [0.2, 0.25) is 0 Å². The van der Waals surface area contributed by atoms with Crippen LogP contribution in [0.15, 0.2) is 0 Å². The van der Waals surface area contributed by atoms with Crippen molar-refractivity contribution in [2.75, 3.05) is 5.88 Å². The first kappa shape index (κ1) is 9.29. The van der Waals surface area contributed by atoms with E-state index in [4.69, 9.17) is 11.6 Å². The second-order valence-electron chi connectivity index (χ2n) is 2.31. The van der Waals surface area contributed by atoms with Gasteiger partial charge in [0.2, 0.25) is 0 Å². The Balaban J connectivity index is 2.60. The standard InChI is InChI=1S/C8H16Cl/c1-2-3-4-5-6-7-8-9/h1-8H2. The zero-order valence-corrected chi connectivity index (χ0v) is 6.79. The van der Waals surface area contributed by atoms with Gasteiger partial charge >= 0.3 is 0 Å². The molecule has 9 heavy (non-hydrogen) atoms. The third-order valence-corrected chi connectivity index (χ3v) is 1.65. The highest BCUT2D eigenvalue weighted by atomic mass is 35.5. The molecule has 0 N–H and O–H groups in total. The van der Waals surface area contributed by atoms with Crippen LogP contribution in [0, 0.1) is 6.92 Å². The van der Waals surface area contributed by atoms with Gasteiger partial charge in [0.25, 0.3) is 0 Å². The Morgan fingerprint density at radius 3 is 2.00 bits per heavy atom. The topological polar surface area (TPSA) is 0 Å². The zero-order chi connectivity index (χ0) is 6.95. The molecule has 0 nitrogen and oxygen atoms in total. The molecule has 0 bridgehead atoms. The van der Waals surface area contributed by atoms with Crippen LogP contribution in [0.25, 0.3) is 0 Å². The highest BCUT2D eigenvalue weighted by Crippen LogP contribution is 2.04. The van der Waals surface area contributed by atoms with Gasteiger partial charge in [0.05, 0.1) is 0 Å². The fraction of sp³-hybridized carbons (Fsp3) is 0.875. The number of hydrogen-bond donors (Lipinski definition) is 0. The molecule has 0 amide bonds. The lowest BCUT2D eigenvalue weighted by molar-refractivity contribution is 0.638. The molecule has 0 fully saturated rings. The predicted octanol–water partition coefficient (Wildman–Crippen LogP) is 3.40. The number of rotatable bonds is 6. The van der Waals surface area contributed by atoms with Crippen LogP contribution in [0.4, 0.5) is 0 Å². The number of halogens is 1. The Labute approximate surface area is 63.6 Å². The normalized spacial score (nSPS) is 10.0. The maximum Gasteiger partial charge on any atom is 0.0223 e. The zero-order valence-electron chi connectivity index (χ0n) is 6.03. The van der Waals surface area contributed by atoms with Gasteiger partial charge in [-0.1, -0.05) is 39.0 Å².